The van der Waals surface area contributed by atoms with Gasteiger partial charge in [-0.1, -0.05) is 9.39 Å². The first kappa shape index (κ1) is 7.06. The Morgan fingerprint density at radius 1 is 1.86 bits per heavy atom. The minimum atomic E-state index is 0.231. The molecule has 0 heterocycles. The molecule has 0 fully saturated rings. The van der Waals surface area contributed by atoms with Crippen LogP contribution < -0.4 is 5.09 Å². The number of Topliss-reactive ketones (excluding diaryl/α,β-unsaturated/α-hetero) is 1. The van der Waals surface area contributed by atoms with E-state index in [1.807, 2.05) is 0 Å². The number of hydrogen-bond acceptors (Lipinski definition) is 2. The summed E-state index contributed by atoms with van der Waals surface area (Å²) in [6.07, 6.45) is 0.628. The lowest BCUT2D eigenvalue weighted by Gasteiger charge is -1.89. The highest BCUT2D eigenvalue weighted by Crippen LogP contribution is 1.78. The van der Waals surface area contributed by atoms with Crippen molar-refractivity contribution in [3.63, 3.8) is 0 Å². The molecule has 0 aromatic rings. The summed E-state index contributed by atoms with van der Waals surface area (Å²) in [7, 11) is 2.34. The van der Waals surface area contributed by atoms with E-state index in [0.29, 0.717) is 6.42 Å². The number of carbonyl (C=O) groups is 1. The van der Waals surface area contributed by atoms with Gasteiger partial charge in [-0.05, 0) is 6.92 Å². The summed E-state index contributed by atoms with van der Waals surface area (Å²) in [5.74, 6) is 0.231. The Balaban J connectivity index is 2.82. The monoisotopic (exact) mass is 119 g/mol. The molecule has 0 aromatic carbocycles. The molecule has 0 aliphatic carbocycles. The van der Waals surface area contributed by atoms with Crippen LogP contribution in [-0.4, -0.2) is 12.3 Å². The second kappa shape index (κ2) is 4.23. The zero-order valence-electron chi connectivity index (χ0n) is 4.40. The van der Waals surface area contributed by atoms with Gasteiger partial charge in [-0.3, -0.25) is 4.79 Å². The van der Waals surface area contributed by atoms with E-state index in [0.717, 1.165) is 6.54 Å². The highest BCUT2D eigenvalue weighted by Gasteiger charge is 1.86. The van der Waals surface area contributed by atoms with Crippen LogP contribution in [-0.2, 0) is 4.79 Å². The van der Waals surface area contributed by atoms with Gasteiger partial charge in [0.2, 0.25) is 0 Å². The third-order valence-corrected chi connectivity index (χ3v) is 0.910. The van der Waals surface area contributed by atoms with Gasteiger partial charge in [-0.25, -0.2) is 0 Å². The first-order chi connectivity index (χ1) is 3.27. The summed E-state index contributed by atoms with van der Waals surface area (Å²) in [6, 6.07) is 0. The van der Waals surface area contributed by atoms with Crippen LogP contribution in [0.4, 0.5) is 0 Å². The zero-order chi connectivity index (χ0) is 5.70. The fourth-order valence-electron chi connectivity index (χ4n) is 0.248. The van der Waals surface area contributed by atoms with E-state index < -0.39 is 0 Å². The summed E-state index contributed by atoms with van der Waals surface area (Å²) < 4.78 is 0. The summed E-state index contributed by atoms with van der Waals surface area (Å²) in [5, 5.41) is 2.79. The average Bonchev–Trinajstić information content (AvgIpc) is 1.61. The molecule has 1 unspecified atom stereocenters. The molecule has 2 nitrogen and oxygen atoms in total. The van der Waals surface area contributed by atoms with E-state index in [2.05, 4.69) is 14.5 Å². The Hall–Kier alpha value is 0.0600. The average molecular weight is 119 g/mol. The van der Waals surface area contributed by atoms with E-state index in [4.69, 9.17) is 0 Å². The molecule has 0 spiro atoms. The molecular formula is C4H10NOP. The summed E-state index contributed by atoms with van der Waals surface area (Å²) in [5.41, 5.74) is 0. The van der Waals surface area contributed by atoms with Gasteiger partial charge in [-0.15, -0.1) is 0 Å². The Kier molecular flexibility index (Phi) is 4.26. The summed E-state index contributed by atoms with van der Waals surface area (Å²) in [4.78, 5) is 10.2. The Morgan fingerprint density at radius 2 is 2.43 bits per heavy atom. The van der Waals surface area contributed by atoms with Crippen molar-refractivity contribution in [3.05, 3.63) is 0 Å². The van der Waals surface area contributed by atoms with Crippen molar-refractivity contribution >= 4 is 15.2 Å². The lowest BCUT2D eigenvalue weighted by atomic mass is 10.3. The molecule has 1 N–H and O–H groups in total. The lowest BCUT2D eigenvalue weighted by Crippen LogP contribution is -2.04. The maximum Gasteiger partial charge on any atom is 0.131 e. The molecule has 0 aromatic heterocycles. The van der Waals surface area contributed by atoms with Gasteiger partial charge in [0.05, 0.1) is 0 Å². The van der Waals surface area contributed by atoms with E-state index in [9.17, 15) is 4.79 Å². The number of rotatable bonds is 3. The maximum absolute atomic E-state index is 10.2. The third kappa shape index (κ3) is 6.06. The fourth-order valence-corrected chi connectivity index (χ4v) is 0.393. The topological polar surface area (TPSA) is 29.1 Å². The van der Waals surface area contributed by atoms with Crippen molar-refractivity contribution in [2.75, 3.05) is 6.54 Å². The SMILES string of the molecule is CC(=O)CCNP. The smallest absolute Gasteiger partial charge is 0.131 e. The second-order valence-electron chi connectivity index (χ2n) is 1.41. The van der Waals surface area contributed by atoms with Gasteiger partial charge in [-0.2, -0.15) is 0 Å². The van der Waals surface area contributed by atoms with Crippen LogP contribution in [0.3, 0.4) is 0 Å². The van der Waals surface area contributed by atoms with Crippen molar-refractivity contribution in [3.8, 4) is 0 Å². The minimum Gasteiger partial charge on any atom is -0.300 e. The van der Waals surface area contributed by atoms with Crippen LogP contribution in [0.25, 0.3) is 0 Å². The molecule has 0 saturated carbocycles. The molecule has 7 heavy (non-hydrogen) atoms. The van der Waals surface area contributed by atoms with Gasteiger partial charge in [0.1, 0.15) is 5.78 Å². The van der Waals surface area contributed by atoms with E-state index in [-0.39, 0.29) is 5.78 Å². The molecule has 0 aliphatic rings. The number of carbonyl (C=O) groups excluding carboxylic acids is 1. The normalized spacial score (nSPS) is 8.86. The van der Waals surface area contributed by atoms with Crippen molar-refractivity contribution in [1.29, 1.82) is 0 Å². The largest absolute Gasteiger partial charge is 0.300 e. The van der Waals surface area contributed by atoms with Gasteiger partial charge in [0, 0.05) is 13.0 Å². The van der Waals surface area contributed by atoms with Crippen molar-refractivity contribution in [2.45, 2.75) is 13.3 Å². The molecule has 0 amide bonds. The van der Waals surface area contributed by atoms with Crippen LogP contribution in [0, 0.1) is 0 Å². The van der Waals surface area contributed by atoms with Crippen LogP contribution in [0.15, 0.2) is 0 Å². The Bertz CT molecular complexity index is 64.7. The lowest BCUT2D eigenvalue weighted by molar-refractivity contribution is -0.116. The van der Waals surface area contributed by atoms with Gasteiger partial charge < -0.3 is 5.09 Å². The van der Waals surface area contributed by atoms with E-state index >= 15 is 0 Å². The molecule has 0 bridgehead atoms. The Morgan fingerprint density at radius 3 is 2.57 bits per heavy atom. The predicted molar refractivity (Wildman–Crippen MR) is 33.0 cm³/mol. The van der Waals surface area contributed by atoms with Gasteiger partial charge in [0.15, 0.2) is 0 Å². The summed E-state index contributed by atoms with van der Waals surface area (Å²) >= 11 is 0. The number of hydrogen-bond donors (Lipinski definition) is 1. The van der Waals surface area contributed by atoms with E-state index in [1.54, 1.807) is 6.92 Å². The quantitative estimate of drug-likeness (QED) is 0.543. The van der Waals surface area contributed by atoms with Crippen LogP contribution >= 0.6 is 9.39 Å². The molecule has 0 rings (SSSR count). The molecule has 1 atom stereocenters. The first-order valence-electron chi connectivity index (χ1n) is 2.20. The van der Waals surface area contributed by atoms with Crippen LogP contribution in [0.1, 0.15) is 13.3 Å². The highest BCUT2D eigenvalue weighted by molar-refractivity contribution is 7.13. The van der Waals surface area contributed by atoms with Gasteiger partial charge >= 0.3 is 0 Å². The molecule has 0 aliphatic heterocycles. The van der Waals surface area contributed by atoms with E-state index in [1.165, 1.54) is 0 Å². The Labute approximate surface area is 45.9 Å². The van der Waals surface area contributed by atoms with Crippen LogP contribution in [0.5, 0.6) is 0 Å². The molecular weight excluding hydrogens is 109 g/mol. The molecule has 3 heteroatoms. The van der Waals surface area contributed by atoms with Crippen molar-refractivity contribution in [2.24, 2.45) is 0 Å². The third-order valence-electron chi connectivity index (χ3n) is 0.621. The zero-order valence-corrected chi connectivity index (χ0v) is 5.55. The minimum absolute atomic E-state index is 0.231. The van der Waals surface area contributed by atoms with Crippen molar-refractivity contribution in [1.82, 2.24) is 5.09 Å². The maximum atomic E-state index is 10.2. The van der Waals surface area contributed by atoms with Crippen molar-refractivity contribution < 1.29 is 4.79 Å². The number of ketones is 1. The molecule has 42 valence electrons. The number of nitrogens with one attached hydrogen (secondary N) is 1. The highest BCUT2D eigenvalue weighted by atomic mass is 31.0. The molecule has 0 saturated heterocycles. The molecule has 0 radical (unpaired) electrons. The predicted octanol–water partition coefficient (Wildman–Crippen LogP) is 0.345. The standard InChI is InChI=1S/C4H10NOP/c1-4(6)2-3-5-7/h5H,2-3,7H2,1H3. The van der Waals surface area contributed by atoms with Crippen LogP contribution in [0.2, 0.25) is 0 Å². The summed E-state index contributed by atoms with van der Waals surface area (Å²) in [6.45, 7) is 2.35. The first-order valence-corrected chi connectivity index (χ1v) is 2.78. The fraction of sp³-hybridized carbons (Fsp3) is 0.750. The van der Waals surface area contributed by atoms with Gasteiger partial charge in [0.25, 0.3) is 0 Å². The second-order valence-corrected chi connectivity index (χ2v) is 1.81.